The smallest absolute Gasteiger partial charge is 0.0186 e. The van der Waals surface area contributed by atoms with E-state index in [-0.39, 0.29) is 5.54 Å². The van der Waals surface area contributed by atoms with E-state index in [4.69, 9.17) is 5.73 Å². The third-order valence-corrected chi connectivity index (χ3v) is 5.07. The first-order valence-electron chi connectivity index (χ1n) is 6.25. The summed E-state index contributed by atoms with van der Waals surface area (Å²) in [5.74, 6) is 2.70. The van der Waals surface area contributed by atoms with Crippen LogP contribution in [-0.2, 0) is 0 Å². The molecule has 0 amide bonds. The lowest BCUT2D eigenvalue weighted by Gasteiger charge is -2.46. The van der Waals surface area contributed by atoms with Gasteiger partial charge in [-0.3, -0.25) is 0 Å². The molecule has 0 aromatic carbocycles. The Morgan fingerprint density at radius 1 is 1.36 bits per heavy atom. The molecule has 3 N–H and O–H groups in total. The topological polar surface area (TPSA) is 38.0 Å². The summed E-state index contributed by atoms with van der Waals surface area (Å²) in [6, 6.07) is 0.796. The Morgan fingerprint density at radius 2 is 2.14 bits per heavy atom. The Labute approximate surface area is 86.6 Å². The van der Waals surface area contributed by atoms with E-state index in [0.717, 1.165) is 30.3 Å². The van der Waals surface area contributed by atoms with Crippen molar-refractivity contribution in [2.75, 3.05) is 6.54 Å². The maximum atomic E-state index is 6.51. The number of hydrogen-bond acceptors (Lipinski definition) is 2. The van der Waals surface area contributed by atoms with Gasteiger partial charge in [-0.1, -0.05) is 6.92 Å². The summed E-state index contributed by atoms with van der Waals surface area (Å²) in [6.07, 6.45) is 6.78. The monoisotopic (exact) mass is 194 g/mol. The van der Waals surface area contributed by atoms with E-state index in [1.807, 2.05) is 0 Å². The lowest BCUT2D eigenvalue weighted by Crippen LogP contribution is -2.52. The van der Waals surface area contributed by atoms with Crippen molar-refractivity contribution in [2.45, 2.75) is 50.6 Å². The molecule has 2 heteroatoms. The van der Waals surface area contributed by atoms with E-state index in [1.165, 1.54) is 32.1 Å². The highest BCUT2D eigenvalue weighted by molar-refractivity contribution is 5.11. The molecular weight excluding hydrogens is 172 g/mol. The fourth-order valence-corrected chi connectivity index (χ4v) is 4.20. The SMILES string of the molecule is CCN[C@@H]1C2CC(C2)C2(N)CCC1C2. The van der Waals surface area contributed by atoms with Crippen LogP contribution in [0.3, 0.4) is 0 Å². The van der Waals surface area contributed by atoms with Crippen molar-refractivity contribution in [3.05, 3.63) is 0 Å². The average Bonchev–Trinajstić information content (AvgIpc) is 2.34. The summed E-state index contributed by atoms with van der Waals surface area (Å²) in [7, 11) is 0. The van der Waals surface area contributed by atoms with E-state index in [0.29, 0.717) is 0 Å². The molecule has 4 bridgehead atoms. The molecule has 2 unspecified atom stereocenters. The number of hydrogen-bond donors (Lipinski definition) is 2. The van der Waals surface area contributed by atoms with E-state index in [2.05, 4.69) is 12.2 Å². The Balaban J connectivity index is 1.83. The zero-order valence-corrected chi connectivity index (χ0v) is 9.13. The van der Waals surface area contributed by atoms with Gasteiger partial charge in [0.05, 0.1) is 0 Å². The maximum absolute atomic E-state index is 6.51. The molecule has 4 fully saturated rings. The van der Waals surface area contributed by atoms with Crippen molar-refractivity contribution in [2.24, 2.45) is 23.5 Å². The molecule has 0 aliphatic heterocycles. The highest BCUT2D eigenvalue weighted by atomic mass is 15.0. The fourth-order valence-electron chi connectivity index (χ4n) is 4.20. The van der Waals surface area contributed by atoms with Crippen LogP contribution in [0.5, 0.6) is 0 Å². The third-order valence-electron chi connectivity index (χ3n) is 5.07. The molecule has 4 aliphatic rings. The average molecular weight is 194 g/mol. The maximum Gasteiger partial charge on any atom is 0.0186 e. The van der Waals surface area contributed by atoms with Crippen molar-refractivity contribution in [3.8, 4) is 0 Å². The molecule has 14 heavy (non-hydrogen) atoms. The second-order valence-electron chi connectivity index (χ2n) is 5.75. The Kier molecular flexibility index (Phi) is 1.94. The minimum atomic E-state index is 0.241. The van der Waals surface area contributed by atoms with Crippen molar-refractivity contribution in [1.82, 2.24) is 5.32 Å². The molecule has 0 saturated heterocycles. The van der Waals surface area contributed by atoms with Crippen molar-refractivity contribution >= 4 is 0 Å². The first-order chi connectivity index (χ1) is 6.73. The van der Waals surface area contributed by atoms with Gasteiger partial charge >= 0.3 is 0 Å². The van der Waals surface area contributed by atoms with Crippen LogP contribution in [0.25, 0.3) is 0 Å². The second kappa shape index (κ2) is 2.96. The van der Waals surface area contributed by atoms with Crippen molar-refractivity contribution in [1.29, 1.82) is 0 Å². The predicted octanol–water partition coefficient (Wildman–Crippen LogP) is 1.50. The number of nitrogens with one attached hydrogen (secondary N) is 1. The highest BCUT2D eigenvalue weighted by Gasteiger charge is 2.55. The van der Waals surface area contributed by atoms with E-state index >= 15 is 0 Å². The predicted molar refractivity (Wildman–Crippen MR) is 57.9 cm³/mol. The quantitative estimate of drug-likeness (QED) is 0.699. The third kappa shape index (κ3) is 1.10. The van der Waals surface area contributed by atoms with Crippen molar-refractivity contribution < 1.29 is 0 Å². The van der Waals surface area contributed by atoms with Gasteiger partial charge in [0.25, 0.3) is 0 Å². The second-order valence-corrected chi connectivity index (χ2v) is 5.75. The lowest BCUT2D eigenvalue weighted by atomic mass is 9.63. The summed E-state index contributed by atoms with van der Waals surface area (Å²) >= 11 is 0. The van der Waals surface area contributed by atoms with Gasteiger partial charge in [-0.25, -0.2) is 0 Å². The van der Waals surface area contributed by atoms with Crippen LogP contribution in [0.1, 0.15) is 39.0 Å². The fraction of sp³-hybridized carbons (Fsp3) is 1.00. The molecule has 0 aromatic heterocycles. The Bertz CT molecular complexity index is 234. The van der Waals surface area contributed by atoms with Gasteiger partial charge in [0, 0.05) is 11.6 Å². The Morgan fingerprint density at radius 3 is 2.86 bits per heavy atom. The summed E-state index contributed by atoms with van der Waals surface area (Å²) in [4.78, 5) is 0. The molecule has 0 spiro atoms. The van der Waals surface area contributed by atoms with E-state index in [9.17, 15) is 0 Å². The highest BCUT2D eigenvalue weighted by Crippen LogP contribution is 2.56. The van der Waals surface area contributed by atoms with Crippen LogP contribution in [0.2, 0.25) is 0 Å². The molecule has 0 radical (unpaired) electrons. The number of rotatable bonds is 2. The summed E-state index contributed by atoms with van der Waals surface area (Å²) in [5.41, 5.74) is 6.75. The van der Waals surface area contributed by atoms with Gasteiger partial charge in [-0.05, 0) is 56.4 Å². The minimum Gasteiger partial charge on any atom is -0.325 e. The molecule has 4 aliphatic carbocycles. The molecule has 2 nitrogen and oxygen atoms in total. The van der Waals surface area contributed by atoms with Gasteiger partial charge in [0.2, 0.25) is 0 Å². The van der Waals surface area contributed by atoms with Crippen LogP contribution >= 0.6 is 0 Å². The van der Waals surface area contributed by atoms with Gasteiger partial charge in [0.15, 0.2) is 0 Å². The summed E-state index contributed by atoms with van der Waals surface area (Å²) < 4.78 is 0. The first-order valence-corrected chi connectivity index (χ1v) is 6.25. The molecule has 4 rings (SSSR count). The Hall–Kier alpha value is -0.0800. The van der Waals surface area contributed by atoms with E-state index in [1.54, 1.807) is 0 Å². The zero-order valence-electron chi connectivity index (χ0n) is 9.13. The van der Waals surface area contributed by atoms with Crippen molar-refractivity contribution in [3.63, 3.8) is 0 Å². The normalized spacial score (nSPS) is 55.3. The molecule has 0 aromatic rings. The molecular formula is C12H22N2. The molecule has 80 valence electrons. The first kappa shape index (κ1) is 9.17. The minimum absolute atomic E-state index is 0.241. The molecule has 0 heterocycles. The van der Waals surface area contributed by atoms with Gasteiger partial charge < -0.3 is 11.1 Å². The zero-order chi connectivity index (χ0) is 9.76. The largest absolute Gasteiger partial charge is 0.325 e. The van der Waals surface area contributed by atoms with Gasteiger partial charge in [0.1, 0.15) is 0 Å². The summed E-state index contributed by atoms with van der Waals surface area (Å²) in [6.45, 7) is 3.35. The number of nitrogens with two attached hydrogens (primary N) is 1. The van der Waals surface area contributed by atoms with Crippen LogP contribution in [0.15, 0.2) is 0 Å². The lowest BCUT2D eigenvalue weighted by molar-refractivity contribution is 0.0850. The standard InChI is InChI=1S/C12H22N2/c1-2-14-11-8-3-4-12(13,7-8)10-5-9(11)6-10/h8-11,14H,2-7,13H2,1H3/t8?,9?,10?,11-,12?/m0/s1. The molecule has 4 saturated carbocycles. The van der Waals surface area contributed by atoms with Gasteiger partial charge in [-0.2, -0.15) is 0 Å². The van der Waals surface area contributed by atoms with Crippen LogP contribution in [0, 0.1) is 17.8 Å². The van der Waals surface area contributed by atoms with Crippen LogP contribution < -0.4 is 11.1 Å². The van der Waals surface area contributed by atoms with E-state index < -0.39 is 0 Å². The van der Waals surface area contributed by atoms with Crippen LogP contribution in [0.4, 0.5) is 0 Å². The van der Waals surface area contributed by atoms with Gasteiger partial charge in [-0.15, -0.1) is 0 Å². The summed E-state index contributed by atoms with van der Waals surface area (Å²) in [5, 5.41) is 3.70. The van der Waals surface area contributed by atoms with Crippen LogP contribution in [-0.4, -0.2) is 18.1 Å². The molecule has 3 atom stereocenters.